The van der Waals surface area contributed by atoms with E-state index in [1.807, 2.05) is 17.0 Å². The highest BCUT2D eigenvalue weighted by atomic mass is 16.3. The molecular weight excluding hydrogens is 320 g/mol. The van der Waals surface area contributed by atoms with Gasteiger partial charge in [-0.15, -0.1) is 0 Å². The third-order valence-corrected chi connectivity index (χ3v) is 5.16. The molecular formula is C18H27N4O3+. The summed E-state index contributed by atoms with van der Waals surface area (Å²) in [4.78, 5) is 31.1. The zero-order valence-electron chi connectivity index (χ0n) is 14.8. The second-order valence-electron chi connectivity index (χ2n) is 6.82. The van der Waals surface area contributed by atoms with Gasteiger partial charge in [0, 0.05) is 38.8 Å². The first-order chi connectivity index (χ1) is 12.0. The second kappa shape index (κ2) is 7.74. The Morgan fingerprint density at radius 2 is 1.52 bits per heavy atom. The first kappa shape index (κ1) is 17.5. The number of hydrogen-bond donors (Lipinski definition) is 2. The molecule has 0 bridgehead atoms. The van der Waals surface area contributed by atoms with Crippen molar-refractivity contribution in [3.63, 3.8) is 0 Å². The van der Waals surface area contributed by atoms with E-state index in [4.69, 9.17) is 0 Å². The molecule has 136 valence electrons. The van der Waals surface area contributed by atoms with Gasteiger partial charge in [0.1, 0.15) is 5.75 Å². The van der Waals surface area contributed by atoms with E-state index in [0.29, 0.717) is 32.7 Å². The molecule has 0 spiro atoms. The molecule has 0 saturated carbocycles. The number of phenolic OH excluding ortho intramolecular Hbond substituents is 1. The topological polar surface area (TPSA) is 68.5 Å². The maximum atomic E-state index is 12.5. The van der Waals surface area contributed by atoms with Gasteiger partial charge in [0.2, 0.25) is 5.91 Å². The number of hydrogen-bond acceptors (Lipinski definition) is 4. The molecule has 0 unspecified atom stereocenters. The van der Waals surface area contributed by atoms with Crippen LogP contribution in [-0.2, 0) is 9.59 Å². The SMILES string of the molecule is CC(=O)N1CCN(C(=O)C[NH+]2CCN(c3ccc(O)cc3)CC2)CC1. The van der Waals surface area contributed by atoms with Crippen molar-refractivity contribution in [3.8, 4) is 5.75 Å². The number of phenols is 1. The number of piperazine rings is 2. The summed E-state index contributed by atoms with van der Waals surface area (Å²) >= 11 is 0. The molecule has 0 aliphatic carbocycles. The van der Waals surface area contributed by atoms with Gasteiger partial charge in [0.15, 0.2) is 6.54 Å². The molecule has 2 fully saturated rings. The van der Waals surface area contributed by atoms with E-state index in [9.17, 15) is 14.7 Å². The van der Waals surface area contributed by atoms with E-state index in [-0.39, 0.29) is 17.6 Å². The number of rotatable bonds is 3. The number of nitrogens with one attached hydrogen (secondary N) is 1. The summed E-state index contributed by atoms with van der Waals surface area (Å²) in [7, 11) is 0. The monoisotopic (exact) mass is 347 g/mol. The molecule has 25 heavy (non-hydrogen) atoms. The number of aromatic hydroxyl groups is 1. The van der Waals surface area contributed by atoms with Crippen molar-refractivity contribution in [2.45, 2.75) is 6.92 Å². The molecule has 7 heteroatoms. The maximum absolute atomic E-state index is 12.5. The van der Waals surface area contributed by atoms with Crippen molar-refractivity contribution in [1.29, 1.82) is 0 Å². The van der Waals surface area contributed by atoms with Gasteiger partial charge in [-0.2, -0.15) is 0 Å². The van der Waals surface area contributed by atoms with E-state index < -0.39 is 0 Å². The second-order valence-corrected chi connectivity index (χ2v) is 6.82. The summed E-state index contributed by atoms with van der Waals surface area (Å²) in [6.07, 6.45) is 0. The number of benzene rings is 1. The lowest BCUT2D eigenvalue weighted by Gasteiger charge is -2.36. The molecule has 2 N–H and O–H groups in total. The average molecular weight is 347 g/mol. The van der Waals surface area contributed by atoms with Gasteiger partial charge in [0.25, 0.3) is 5.91 Å². The quantitative estimate of drug-likeness (QED) is 0.720. The van der Waals surface area contributed by atoms with Gasteiger partial charge in [-0.3, -0.25) is 9.59 Å². The van der Waals surface area contributed by atoms with E-state index >= 15 is 0 Å². The third kappa shape index (κ3) is 4.42. The smallest absolute Gasteiger partial charge is 0.277 e. The molecule has 2 amide bonds. The largest absolute Gasteiger partial charge is 0.508 e. The summed E-state index contributed by atoms with van der Waals surface area (Å²) < 4.78 is 0. The molecule has 2 heterocycles. The molecule has 3 rings (SSSR count). The maximum Gasteiger partial charge on any atom is 0.277 e. The lowest BCUT2D eigenvalue weighted by atomic mass is 10.2. The minimum absolute atomic E-state index is 0.0862. The zero-order valence-corrected chi connectivity index (χ0v) is 14.8. The minimum atomic E-state index is 0.0862. The van der Waals surface area contributed by atoms with Crippen LogP contribution in [0.5, 0.6) is 5.75 Å². The Bertz CT molecular complexity index is 603. The average Bonchev–Trinajstić information content (AvgIpc) is 2.63. The Labute approximate surface area is 148 Å². The highest BCUT2D eigenvalue weighted by Gasteiger charge is 2.27. The van der Waals surface area contributed by atoms with Crippen molar-refractivity contribution < 1.29 is 19.6 Å². The first-order valence-electron chi connectivity index (χ1n) is 8.94. The van der Waals surface area contributed by atoms with Crippen molar-refractivity contribution >= 4 is 17.5 Å². The first-order valence-corrected chi connectivity index (χ1v) is 8.94. The highest BCUT2D eigenvalue weighted by Crippen LogP contribution is 2.18. The Balaban J connectivity index is 1.43. The Kier molecular flexibility index (Phi) is 5.43. The Morgan fingerprint density at radius 1 is 0.960 bits per heavy atom. The van der Waals surface area contributed by atoms with Crippen LogP contribution in [0.1, 0.15) is 6.92 Å². The van der Waals surface area contributed by atoms with Crippen LogP contribution in [0.3, 0.4) is 0 Å². The molecule has 0 aromatic heterocycles. The van der Waals surface area contributed by atoms with Gasteiger partial charge in [-0.05, 0) is 24.3 Å². The minimum Gasteiger partial charge on any atom is -0.508 e. The van der Waals surface area contributed by atoms with Crippen molar-refractivity contribution in [2.24, 2.45) is 0 Å². The molecule has 0 atom stereocenters. The van der Waals surface area contributed by atoms with E-state index in [2.05, 4.69) is 4.90 Å². The van der Waals surface area contributed by atoms with E-state index in [1.165, 1.54) is 4.90 Å². The van der Waals surface area contributed by atoms with Crippen LogP contribution in [0.4, 0.5) is 5.69 Å². The van der Waals surface area contributed by atoms with Crippen LogP contribution in [-0.4, -0.2) is 85.6 Å². The van der Waals surface area contributed by atoms with Gasteiger partial charge >= 0.3 is 0 Å². The molecule has 7 nitrogen and oxygen atoms in total. The van der Waals surface area contributed by atoms with Gasteiger partial charge < -0.3 is 24.7 Å². The summed E-state index contributed by atoms with van der Waals surface area (Å²) in [5.41, 5.74) is 1.11. The summed E-state index contributed by atoms with van der Waals surface area (Å²) in [6, 6.07) is 7.28. The zero-order chi connectivity index (χ0) is 17.8. The van der Waals surface area contributed by atoms with Crippen LogP contribution >= 0.6 is 0 Å². The summed E-state index contributed by atoms with van der Waals surface area (Å²) in [6.45, 7) is 8.36. The highest BCUT2D eigenvalue weighted by molar-refractivity contribution is 5.78. The number of quaternary nitrogens is 1. The standard InChI is InChI=1S/C18H26N4O3/c1-15(23)20-10-12-22(13-11-20)18(25)14-19-6-8-21(9-7-19)16-2-4-17(24)5-3-16/h2-5,24H,6-14H2,1H3/p+1. The summed E-state index contributed by atoms with van der Waals surface area (Å²) in [5.74, 6) is 0.558. The number of amides is 2. The van der Waals surface area contributed by atoms with Crippen LogP contribution in [0.2, 0.25) is 0 Å². The lowest BCUT2D eigenvalue weighted by Crippen LogP contribution is -3.16. The summed E-state index contributed by atoms with van der Waals surface area (Å²) in [5, 5.41) is 9.38. The van der Waals surface area contributed by atoms with Crippen molar-refractivity contribution in [2.75, 3.05) is 63.8 Å². The van der Waals surface area contributed by atoms with E-state index in [1.54, 1.807) is 24.0 Å². The molecule has 2 aliphatic heterocycles. The van der Waals surface area contributed by atoms with Crippen molar-refractivity contribution in [1.82, 2.24) is 9.80 Å². The van der Waals surface area contributed by atoms with Gasteiger partial charge in [0.05, 0.1) is 26.2 Å². The fraction of sp³-hybridized carbons (Fsp3) is 0.556. The van der Waals surface area contributed by atoms with Crippen LogP contribution in [0.25, 0.3) is 0 Å². The van der Waals surface area contributed by atoms with Crippen molar-refractivity contribution in [3.05, 3.63) is 24.3 Å². The number of carbonyl (C=O) groups excluding carboxylic acids is 2. The van der Waals surface area contributed by atoms with Gasteiger partial charge in [-0.25, -0.2) is 0 Å². The fourth-order valence-electron chi connectivity index (χ4n) is 3.52. The van der Waals surface area contributed by atoms with Crippen LogP contribution in [0.15, 0.2) is 24.3 Å². The van der Waals surface area contributed by atoms with E-state index in [0.717, 1.165) is 31.9 Å². The van der Waals surface area contributed by atoms with Crippen LogP contribution in [0, 0.1) is 0 Å². The number of carbonyl (C=O) groups is 2. The Morgan fingerprint density at radius 3 is 2.08 bits per heavy atom. The predicted octanol–water partition coefficient (Wildman–Crippen LogP) is -1.21. The molecule has 0 radical (unpaired) electrons. The molecule has 1 aromatic carbocycles. The Hall–Kier alpha value is -2.28. The predicted molar refractivity (Wildman–Crippen MR) is 94.7 cm³/mol. The normalized spacial score (nSPS) is 19.2. The molecule has 2 saturated heterocycles. The van der Waals surface area contributed by atoms with Gasteiger partial charge in [-0.1, -0.05) is 0 Å². The molecule has 1 aromatic rings. The number of anilines is 1. The lowest BCUT2D eigenvalue weighted by molar-refractivity contribution is -0.892. The molecule has 2 aliphatic rings. The van der Waals surface area contributed by atoms with Crippen LogP contribution < -0.4 is 9.80 Å². The third-order valence-electron chi connectivity index (χ3n) is 5.16. The number of nitrogens with zero attached hydrogens (tertiary/aromatic N) is 3. The fourth-order valence-corrected chi connectivity index (χ4v) is 3.52.